The van der Waals surface area contributed by atoms with Gasteiger partial charge in [0.25, 0.3) is 5.69 Å². The zero-order valence-electron chi connectivity index (χ0n) is 13.3. The third-order valence-electron chi connectivity index (χ3n) is 3.18. The van der Waals surface area contributed by atoms with E-state index in [1.54, 1.807) is 37.3 Å². The van der Waals surface area contributed by atoms with Crippen molar-refractivity contribution < 1.29 is 24.4 Å². The average Bonchev–Trinajstić information content (AvgIpc) is 2.56. The highest BCUT2D eigenvalue weighted by molar-refractivity contribution is 7.99. The Kier molecular flexibility index (Phi) is 6.13. The summed E-state index contributed by atoms with van der Waals surface area (Å²) in [5, 5.41) is 20.0. The smallest absolute Gasteiger partial charge is 0.345 e. The Morgan fingerprint density at radius 1 is 1.16 bits per heavy atom. The number of carboxylic acid groups (broad SMARTS) is 1. The molecule has 0 unspecified atom stereocenters. The molecular weight excluding hydrogens is 346 g/mol. The highest BCUT2D eigenvalue weighted by Gasteiger charge is 2.22. The van der Waals surface area contributed by atoms with Crippen LogP contribution in [0.15, 0.2) is 52.3 Å². The molecule has 130 valence electrons. The number of nitro benzene ring substituents is 1. The summed E-state index contributed by atoms with van der Waals surface area (Å²) in [5.41, 5.74) is 0.263. The molecule has 7 nitrogen and oxygen atoms in total. The molecule has 0 bridgehead atoms. The summed E-state index contributed by atoms with van der Waals surface area (Å²) >= 11 is 1.28. The van der Waals surface area contributed by atoms with E-state index in [4.69, 9.17) is 9.84 Å². The average molecular weight is 361 g/mol. The van der Waals surface area contributed by atoms with Gasteiger partial charge in [-0.1, -0.05) is 23.9 Å². The number of hydrogen-bond donors (Lipinski definition) is 1. The lowest BCUT2D eigenvalue weighted by Crippen LogP contribution is -2.08. The van der Waals surface area contributed by atoms with E-state index in [1.165, 1.54) is 23.9 Å². The van der Waals surface area contributed by atoms with Crippen LogP contribution in [0.3, 0.4) is 0 Å². The van der Waals surface area contributed by atoms with Crippen LogP contribution in [-0.2, 0) is 16.0 Å². The van der Waals surface area contributed by atoms with Crippen LogP contribution in [0.25, 0.3) is 0 Å². The number of ether oxygens (including phenoxy) is 1. The summed E-state index contributed by atoms with van der Waals surface area (Å²) in [6, 6.07) is 11.2. The second-order valence-electron chi connectivity index (χ2n) is 4.97. The molecule has 0 saturated heterocycles. The number of hydrogen-bond acceptors (Lipinski definition) is 6. The van der Waals surface area contributed by atoms with Gasteiger partial charge in [-0.15, -0.1) is 0 Å². The molecule has 25 heavy (non-hydrogen) atoms. The minimum absolute atomic E-state index is 0.0648. The second kappa shape index (κ2) is 8.29. The van der Waals surface area contributed by atoms with Crippen LogP contribution in [0.2, 0.25) is 0 Å². The lowest BCUT2D eigenvalue weighted by molar-refractivity contribution is -0.385. The fourth-order valence-corrected chi connectivity index (χ4v) is 2.94. The van der Waals surface area contributed by atoms with Gasteiger partial charge in [0, 0.05) is 15.9 Å². The van der Waals surface area contributed by atoms with Gasteiger partial charge in [0.15, 0.2) is 0 Å². The van der Waals surface area contributed by atoms with E-state index >= 15 is 0 Å². The van der Waals surface area contributed by atoms with Crippen molar-refractivity contribution >= 4 is 29.4 Å². The van der Waals surface area contributed by atoms with Gasteiger partial charge in [-0.05, 0) is 36.8 Å². The number of aliphatic carboxylic acids is 1. The Bertz CT molecular complexity index is 803. The van der Waals surface area contributed by atoms with Crippen LogP contribution in [0.4, 0.5) is 5.69 Å². The number of esters is 1. The highest BCUT2D eigenvalue weighted by atomic mass is 32.2. The van der Waals surface area contributed by atoms with Gasteiger partial charge in [-0.3, -0.25) is 14.9 Å². The van der Waals surface area contributed by atoms with E-state index in [0.29, 0.717) is 10.5 Å². The van der Waals surface area contributed by atoms with Crippen LogP contribution in [0.1, 0.15) is 22.8 Å². The van der Waals surface area contributed by atoms with Gasteiger partial charge in [-0.2, -0.15) is 0 Å². The minimum atomic E-state index is -0.911. The van der Waals surface area contributed by atoms with Crippen LogP contribution < -0.4 is 0 Å². The maximum Gasteiger partial charge on any atom is 0.345 e. The van der Waals surface area contributed by atoms with Crippen molar-refractivity contribution in [3.8, 4) is 0 Å². The SMILES string of the molecule is CCOC(=O)c1ccc(Sc2ccc(CC(=O)O)cc2)cc1[N+](=O)[O-]. The lowest BCUT2D eigenvalue weighted by Gasteiger charge is -2.06. The summed E-state index contributed by atoms with van der Waals surface area (Å²) in [4.78, 5) is 34.4. The van der Waals surface area contributed by atoms with E-state index in [-0.39, 0.29) is 24.3 Å². The van der Waals surface area contributed by atoms with E-state index < -0.39 is 16.9 Å². The summed E-state index contributed by atoms with van der Waals surface area (Å²) in [6.45, 7) is 1.76. The third kappa shape index (κ3) is 5.05. The number of nitrogens with zero attached hydrogens (tertiary/aromatic N) is 1. The molecule has 2 aromatic carbocycles. The van der Waals surface area contributed by atoms with Gasteiger partial charge in [0.2, 0.25) is 0 Å². The van der Waals surface area contributed by atoms with Gasteiger partial charge >= 0.3 is 11.9 Å². The molecule has 0 aromatic heterocycles. The molecule has 0 aliphatic carbocycles. The largest absolute Gasteiger partial charge is 0.481 e. The zero-order valence-corrected chi connectivity index (χ0v) is 14.1. The Morgan fingerprint density at radius 3 is 2.36 bits per heavy atom. The van der Waals surface area contributed by atoms with Crippen LogP contribution in [0.5, 0.6) is 0 Å². The molecule has 2 rings (SSSR count). The van der Waals surface area contributed by atoms with Crippen LogP contribution in [0, 0.1) is 10.1 Å². The maximum atomic E-state index is 11.8. The van der Waals surface area contributed by atoms with Gasteiger partial charge in [0.05, 0.1) is 18.0 Å². The summed E-state index contributed by atoms with van der Waals surface area (Å²) in [5.74, 6) is -1.64. The quantitative estimate of drug-likeness (QED) is 0.456. The molecule has 2 aromatic rings. The van der Waals surface area contributed by atoms with Crippen LogP contribution >= 0.6 is 11.8 Å². The van der Waals surface area contributed by atoms with Gasteiger partial charge in [-0.25, -0.2) is 4.79 Å². The minimum Gasteiger partial charge on any atom is -0.481 e. The first kappa shape index (κ1) is 18.5. The maximum absolute atomic E-state index is 11.8. The molecule has 0 amide bonds. The van der Waals surface area contributed by atoms with Crippen molar-refractivity contribution in [1.29, 1.82) is 0 Å². The first-order chi connectivity index (χ1) is 11.9. The molecule has 0 aliphatic rings. The first-order valence-electron chi connectivity index (χ1n) is 7.35. The Hall–Kier alpha value is -2.87. The van der Waals surface area contributed by atoms with Crippen molar-refractivity contribution in [2.75, 3.05) is 6.61 Å². The fraction of sp³-hybridized carbons (Fsp3) is 0.176. The van der Waals surface area contributed by atoms with E-state index in [1.807, 2.05) is 0 Å². The van der Waals surface area contributed by atoms with Crippen LogP contribution in [-0.4, -0.2) is 28.6 Å². The molecule has 0 radical (unpaired) electrons. The molecule has 1 N–H and O–H groups in total. The first-order valence-corrected chi connectivity index (χ1v) is 8.16. The molecule has 0 saturated carbocycles. The predicted molar refractivity (Wildman–Crippen MR) is 91.0 cm³/mol. The molecule has 0 aliphatic heterocycles. The zero-order chi connectivity index (χ0) is 18.4. The Labute approximate surface area is 147 Å². The molecular formula is C17H15NO6S. The summed E-state index contributed by atoms with van der Waals surface area (Å²) in [6.07, 6.45) is -0.0648. The Balaban J connectivity index is 2.22. The highest BCUT2D eigenvalue weighted by Crippen LogP contribution is 2.32. The topological polar surface area (TPSA) is 107 Å². The molecule has 0 atom stereocenters. The molecule has 0 fully saturated rings. The second-order valence-corrected chi connectivity index (χ2v) is 6.12. The lowest BCUT2D eigenvalue weighted by atomic mass is 10.2. The van der Waals surface area contributed by atoms with Crippen molar-refractivity contribution in [2.45, 2.75) is 23.1 Å². The summed E-state index contributed by atoms with van der Waals surface area (Å²) in [7, 11) is 0. The fourth-order valence-electron chi connectivity index (χ4n) is 2.09. The number of carboxylic acids is 1. The molecule has 0 heterocycles. The monoisotopic (exact) mass is 361 g/mol. The van der Waals surface area contributed by atoms with E-state index in [2.05, 4.69) is 0 Å². The number of nitro groups is 1. The number of rotatable bonds is 7. The van der Waals surface area contributed by atoms with E-state index in [9.17, 15) is 19.7 Å². The predicted octanol–water partition coefficient (Wildman–Crippen LogP) is 3.55. The number of carbonyl (C=O) groups is 2. The van der Waals surface area contributed by atoms with Crippen molar-refractivity contribution in [3.63, 3.8) is 0 Å². The molecule has 8 heteroatoms. The van der Waals surface area contributed by atoms with Gasteiger partial charge < -0.3 is 9.84 Å². The standard InChI is InChI=1S/C17H15NO6S/c1-2-24-17(21)14-8-7-13(10-15(14)18(22)23)25-12-5-3-11(4-6-12)9-16(19)20/h3-8,10H,2,9H2,1H3,(H,19,20). The van der Waals surface area contributed by atoms with Gasteiger partial charge in [0.1, 0.15) is 5.56 Å². The van der Waals surface area contributed by atoms with Crippen molar-refractivity contribution in [1.82, 2.24) is 0 Å². The third-order valence-corrected chi connectivity index (χ3v) is 4.17. The summed E-state index contributed by atoms with van der Waals surface area (Å²) < 4.78 is 4.82. The van der Waals surface area contributed by atoms with Crippen molar-refractivity contribution in [2.24, 2.45) is 0 Å². The number of benzene rings is 2. The Morgan fingerprint density at radius 2 is 1.80 bits per heavy atom. The number of carbonyl (C=O) groups excluding carboxylic acids is 1. The van der Waals surface area contributed by atoms with Crippen molar-refractivity contribution in [3.05, 3.63) is 63.7 Å². The molecule has 0 spiro atoms. The van der Waals surface area contributed by atoms with E-state index in [0.717, 1.165) is 4.90 Å². The normalized spacial score (nSPS) is 10.3.